The number of alkyl carbamates (subject to hydrolysis) is 1. The molecule has 0 unspecified atom stereocenters. The van der Waals surface area contributed by atoms with Crippen molar-refractivity contribution in [2.75, 3.05) is 152 Å². The molecule has 0 saturated heterocycles. The molecular formula is C54H77NO13Si. The minimum atomic E-state index is -2.55. The zero-order valence-corrected chi connectivity index (χ0v) is 42.2. The highest BCUT2D eigenvalue weighted by molar-refractivity contribution is 6.99. The summed E-state index contributed by atoms with van der Waals surface area (Å²) in [6, 6.07) is 37.9. The summed E-state index contributed by atoms with van der Waals surface area (Å²) in [4.78, 5) is 12.3. The van der Waals surface area contributed by atoms with E-state index in [9.17, 15) is 4.79 Å². The zero-order chi connectivity index (χ0) is 48.5. The van der Waals surface area contributed by atoms with Crippen LogP contribution in [0, 0.1) is 0 Å². The molecule has 15 heteroatoms. The maximum absolute atomic E-state index is 12.3. The first-order chi connectivity index (χ1) is 33.9. The van der Waals surface area contributed by atoms with Crippen molar-refractivity contribution in [2.45, 2.75) is 38.1 Å². The number of amides is 1. The Bertz CT molecular complexity index is 1850. The van der Waals surface area contributed by atoms with Crippen molar-refractivity contribution in [3.63, 3.8) is 0 Å². The van der Waals surface area contributed by atoms with Crippen molar-refractivity contribution in [3.05, 3.63) is 120 Å². The molecular weight excluding hydrogens is 899 g/mol. The van der Waals surface area contributed by atoms with Crippen LogP contribution in [0.5, 0.6) is 0 Å². The van der Waals surface area contributed by atoms with E-state index >= 15 is 0 Å². The van der Waals surface area contributed by atoms with Gasteiger partial charge in [-0.05, 0) is 44.1 Å². The Kier molecular flexibility index (Phi) is 27.1. The standard InChI is InChI=1S/C54H77NO13Si/c1-54(2,3)69(46-15-6-4-7-16-46,47-17-8-5-9-18-47)68-44-43-66-42-41-65-40-39-64-38-37-63-36-35-62-34-33-61-32-31-60-30-29-59-28-27-58-26-25-57-24-14-23-55-53(56)67-45-52-50-21-12-10-19-48(50)49-20-11-13-22-51(49)52/h4-13,15-22,52H,14,23-45H2,1-3H3,(H,55,56). The van der Waals surface area contributed by atoms with Gasteiger partial charge in [0.2, 0.25) is 0 Å². The second-order valence-corrected chi connectivity index (χ2v) is 21.5. The van der Waals surface area contributed by atoms with Gasteiger partial charge in [0.25, 0.3) is 8.32 Å². The lowest BCUT2D eigenvalue weighted by Crippen LogP contribution is -2.66. The van der Waals surface area contributed by atoms with Gasteiger partial charge in [-0.25, -0.2) is 4.79 Å². The van der Waals surface area contributed by atoms with Gasteiger partial charge in [-0.2, -0.15) is 0 Å². The van der Waals surface area contributed by atoms with Crippen LogP contribution < -0.4 is 15.7 Å². The van der Waals surface area contributed by atoms with Crippen LogP contribution in [0.3, 0.4) is 0 Å². The van der Waals surface area contributed by atoms with E-state index in [0.29, 0.717) is 158 Å². The Morgan fingerprint density at radius 3 is 1.12 bits per heavy atom. The second kappa shape index (κ2) is 33.5. The Labute approximate surface area is 411 Å². The highest BCUT2D eigenvalue weighted by atomic mass is 28.4. The minimum Gasteiger partial charge on any atom is -0.449 e. The first-order valence-corrected chi connectivity index (χ1v) is 26.4. The fourth-order valence-corrected chi connectivity index (χ4v) is 12.7. The third kappa shape index (κ3) is 19.9. The number of nitrogens with one attached hydrogen (secondary N) is 1. The summed E-state index contributed by atoms with van der Waals surface area (Å²) in [5, 5.41) is 5.27. The SMILES string of the molecule is CC(C)(C)[Si](OCCOCCOCCOCCOCCOCCOCCOCCOCCOCCOCCCNC(=O)OCC1c2ccccc2-c2ccccc21)(c1ccccc1)c1ccccc1. The van der Waals surface area contributed by atoms with Gasteiger partial charge >= 0.3 is 6.09 Å². The normalized spacial score (nSPS) is 12.6. The predicted octanol–water partition coefficient (Wildman–Crippen LogP) is 6.66. The van der Waals surface area contributed by atoms with E-state index < -0.39 is 14.4 Å². The van der Waals surface area contributed by atoms with Crippen molar-refractivity contribution in [1.82, 2.24) is 5.32 Å². The van der Waals surface area contributed by atoms with Crippen LogP contribution in [0.4, 0.5) is 4.79 Å². The number of fused-ring (bicyclic) bond motifs is 3. The lowest BCUT2D eigenvalue weighted by atomic mass is 9.98. The fourth-order valence-electron chi connectivity index (χ4n) is 8.11. The zero-order valence-electron chi connectivity index (χ0n) is 41.2. The smallest absolute Gasteiger partial charge is 0.407 e. The molecule has 0 spiro atoms. The molecule has 5 rings (SSSR count). The fraction of sp³-hybridized carbons (Fsp3) is 0.537. The van der Waals surface area contributed by atoms with Crippen molar-refractivity contribution >= 4 is 24.8 Å². The molecule has 14 nitrogen and oxygen atoms in total. The van der Waals surface area contributed by atoms with E-state index in [1.165, 1.54) is 32.6 Å². The van der Waals surface area contributed by atoms with E-state index in [1.54, 1.807) is 0 Å². The maximum Gasteiger partial charge on any atom is 0.407 e. The molecule has 1 aliphatic carbocycles. The second-order valence-electron chi connectivity index (χ2n) is 17.2. The number of rotatable bonds is 39. The number of hydrogen-bond acceptors (Lipinski definition) is 13. The largest absolute Gasteiger partial charge is 0.449 e. The quantitative estimate of drug-likeness (QED) is 0.0377. The first-order valence-electron chi connectivity index (χ1n) is 24.5. The Hall–Kier alpha value is -4.07. The molecule has 0 aromatic heterocycles. The molecule has 380 valence electrons. The monoisotopic (exact) mass is 976 g/mol. The Balaban J connectivity index is 0.697. The van der Waals surface area contributed by atoms with Gasteiger partial charge in [-0.1, -0.05) is 130 Å². The lowest BCUT2D eigenvalue weighted by Gasteiger charge is -2.43. The van der Waals surface area contributed by atoms with Crippen LogP contribution in [0.1, 0.15) is 44.2 Å². The molecule has 0 heterocycles. The van der Waals surface area contributed by atoms with E-state index in [0.717, 1.165) is 0 Å². The number of carbonyl (C=O) groups is 1. The molecule has 0 atom stereocenters. The van der Waals surface area contributed by atoms with Crippen molar-refractivity contribution in [2.24, 2.45) is 0 Å². The van der Waals surface area contributed by atoms with Gasteiger partial charge in [0, 0.05) is 19.1 Å². The van der Waals surface area contributed by atoms with Crippen LogP contribution in [0.25, 0.3) is 11.1 Å². The third-order valence-electron chi connectivity index (χ3n) is 11.4. The first kappa shape index (κ1) is 55.8. The molecule has 4 aromatic rings. The number of carbonyl (C=O) groups excluding carboxylic acids is 1. The van der Waals surface area contributed by atoms with E-state index in [4.69, 9.17) is 56.5 Å². The summed E-state index contributed by atoms with van der Waals surface area (Å²) >= 11 is 0. The highest BCUT2D eigenvalue weighted by Gasteiger charge is 2.50. The topological polar surface area (TPSA) is 140 Å². The van der Waals surface area contributed by atoms with E-state index in [2.05, 4.69) is 111 Å². The molecule has 0 fully saturated rings. The summed E-state index contributed by atoms with van der Waals surface area (Å²) in [7, 11) is -2.55. The molecule has 1 aliphatic rings. The van der Waals surface area contributed by atoms with Gasteiger partial charge in [0.1, 0.15) is 6.61 Å². The van der Waals surface area contributed by atoms with E-state index in [-0.39, 0.29) is 11.0 Å². The number of ether oxygens (including phenoxy) is 11. The highest BCUT2D eigenvalue weighted by Crippen LogP contribution is 2.44. The van der Waals surface area contributed by atoms with Crippen molar-refractivity contribution in [3.8, 4) is 11.1 Å². The number of hydrogen-bond donors (Lipinski definition) is 1. The van der Waals surface area contributed by atoms with Gasteiger partial charge in [-0.15, -0.1) is 0 Å². The summed E-state index contributed by atoms with van der Waals surface area (Å²) in [6.45, 7) is 17.9. The Morgan fingerprint density at radius 2 is 0.754 bits per heavy atom. The average Bonchev–Trinajstić information content (AvgIpc) is 3.69. The summed E-state index contributed by atoms with van der Waals surface area (Å²) in [6.07, 6.45) is 0.265. The molecule has 0 radical (unpaired) electrons. The molecule has 1 amide bonds. The van der Waals surface area contributed by atoms with Crippen LogP contribution in [-0.4, -0.2) is 166 Å². The van der Waals surface area contributed by atoms with Gasteiger partial charge < -0.3 is 61.8 Å². The summed E-state index contributed by atoms with van der Waals surface area (Å²) in [5.41, 5.74) is 4.80. The van der Waals surface area contributed by atoms with Crippen LogP contribution >= 0.6 is 0 Å². The summed E-state index contributed by atoms with van der Waals surface area (Å²) in [5.74, 6) is 0.0458. The molecule has 0 aliphatic heterocycles. The van der Waals surface area contributed by atoms with Crippen LogP contribution in [0.15, 0.2) is 109 Å². The Morgan fingerprint density at radius 1 is 0.435 bits per heavy atom. The van der Waals surface area contributed by atoms with Gasteiger partial charge in [0.15, 0.2) is 0 Å². The number of benzene rings is 4. The molecule has 69 heavy (non-hydrogen) atoms. The average molecular weight is 976 g/mol. The molecule has 0 saturated carbocycles. The van der Waals surface area contributed by atoms with Crippen molar-refractivity contribution in [1.29, 1.82) is 0 Å². The molecule has 4 aromatic carbocycles. The van der Waals surface area contributed by atoms with E-state index in [1.807, 2.05) is 24.3 Å². The van der Waals surface area contributed by atoms with Gasteiger partial charge in [0.05, 0.1) is 132 Å². The molecule has 0 bridgehead atoms. The van der Waals surface area contributed by atoms with Crippen LogP contribution in [-0.2, 0) is 56.5 Å². The molecule has 1 N–H and O–H groups in total. The third-order valence-corrected chi connectivity index (χ3v) is 16.4. The maximum atomic E-state index is 12.3. The lowest BCUT2D eigenvalue weighted by molar-refractivity contribution is -0.0267. The predicted molar refractivity (Wildman–Crippen MR) is 269 cm³/mol. The van der Waals surface area contributed by atoms with Crippen molar-refractivity contribution < 1.29 is 61.3 Å². The van der Waals surface area contributed by atoms with Gasteiger partial charge in [-0.3, -0.25) is 0 Å². The minimum absolute atomic E-state index is 0.0458. The van der Waals surface area contributed by atoms with Crippen LogP contribution in [0.2, 0.25) is 5.04 Å². The summed E-state index contributed by atoms with van der Waals surface area (Å²) < 4.78 is 68.5.